The van der Waals surface area contributed by atoms with Crippen molar-refractivity contribution in [3.8, 4) is 0 Å². The van der Waals surface area contributed by atoms with E-state index in [1.54, 1.807) is 12.3 Å². The number of rotatable bonds is 6. The zero-order valence-corrected chi connectivity index (χ0v) is 13.9. The molecule has 24 heavy (non-hydrogen) atoms. The van der Waals surface area contributed by atoms with Crippen LogP contribution in [0.1, 0.15) is 34.5 Å². The van der Waals surface area contributed by atoms with E-state index in [0.717, 1.165) is 31.7 Å². The molecule has 1 aliphatic heterocycles. The van der Waals surface area contributed by atoms with Crippen molar-refractivity contribution >= 4 is 11.6 Å². The van der Waals surface area contributed by atoms with Crippen LogP contribution in [0.25, 0.3) is 0 Å². The molecule has 126 valence electrons. The summed E-state index contributed by atoms with van der Waals surface area (Å²) in [5.41, 5.74) is 3.78. The van der Waals surface area contributed by atoms with Crippen LogP contribution in [0.5, 0.6) is 0 Å². The average Bonchev–Trinajstić information content (AvgIpc) is 3.12. The van der Waals surface area contributed by atoms with Crippen LogP contribution < -0.4 is 10.6 Å². The van der Waals surface area contributed by atoms with Crippen LogP contribution in [0.2, 0.25) is 0 Å². The van der Waals surface area contributed by atoms with Gasteiger partial charge in [0, 0.05) is 19.7 Å². The van der Waals surface area contributed by atoms with Crippen molar-refractivity contribution in [3.05, 3.63) is 59.4 Å². The van der Waals surface area contributed by atoms with E-state index in [1.807, 2.05) is 12.1 Å². The van der Waals surface area contributed by atoms with Gasteiger partial charge in [0.05, 0.1) is 18.0 Å². The number of nitrogens with zero attached hydrogens (tertiary/aromatic N) is 1. The molecule has 1 aliphatic rings. The van der Waals surface area contributed by atoms with Gasteiger partial charge < -0.3 is 15.4 Å². The first kappa shape index (κ1) is 16.5. The summed E-state index contributed by atoms with van der Waals surface area (Å²) in [7, 11) is 0. The molecule has 0 bridgehead atoms. The molecule has 0 aliphatic carbocycles. The Morgan fingerprint density at radius 2 is 2.25 bits per heavy atom. The Morgan fingerprint density at radius 3 is 2.96 bits per heavy atom. The number of carbonyl (C=O) groups is 1. The van der Waals surface area contributed by atoms with Crippen molar-refractivity contribution in [2.45, 2.75) is 32.4 Å². The van der Waals surface area contributed by atoms with Gasteiger partial charge in [0.2, 0.25) is 0 Å². The highest BCUT2D eigenvalue weighted by molar-refractivity contribution is 5.92. The second kappa shape index (κ2) is 7.93. The number of hydrogen-bond acceptors (Lipinski definition) is 4. The van der Waals surface area contributed by atoms with Gasteiger partial charge in [0.1, 0.15) is 5.69 Å². The topological polar surface area (TPSA) is 63.2 Å². The summed E-state index contributed by atoms with van der Waals surface area (Å²) in [5, 5.41) is 6.19. The largest absolute Gasteiger partial charge is 0.380 e. The van der Waals surface area contributed by atoms with Gasteiger partial charge in [0.25, 0.3) is 5.91 Å². The lowest BCUT2D eigenvalue weighted by Crippen LogP contribution is -2.32. The maximum absolute atomic E-state index is 12.1. The quantitative estimate of drug-likeness (QED) is 0.857. The third-order valence-corrected chi connectivity index (χ3v) is 4.09. The maximum atomic E-state index is 12.1. The average molecular weight is 325 g/mol. The van der Waals surface area contributed by atoms with Gasteiger partial charge in [-0.25, -0.2) is 4.98 Å². The van der Waals surface area contributed by atoms with Crippen molar-refractivity contribution in [2.24, 2.45) is 0 Å². The van der Waals surface area contributed by atoms with E-state index in [1.165, 1.54) is 11.1 Å². The van der Waals surface area contributed by atoms with Crippen molar-refractivity contribution in [1.82, 2.24) is 10.3 Å². The Labute approximate surface area is 142 Å². The summed E-state index contributed by atoms with van der Waals surface area (Å²) < 4.78 is 5.50. The number of aryl methyl sites for hydroxylation is 1. The van der Waals surface area contributed by atoms with Crippen LogP contribution in [0.15, 0.2) is 42.6 Å². The van der Waals surface area contributed by atoms with E-state index in [-0.39, 0.29) is 12.0 Å². The molecule has 1 aromatic heterocycles. The molecule has 1 amide bonds. The van der Waals surface area contributed by atoms with Gasteiger partial charge in [-0.05, 0) is 37.5 Å². The fourth-order valence-electron chi connectivity index (χ4n) is 2.76. The number of amides is 1. The predicted molar refractivity (Wildman–Crippen MR) is 94.0 cm³/mol. The van der Waals surface area contributed by atoms with Crippen molar-refractivity contribution < 1.29 is 9.53 Å². The summed E-state index contributed by atoms with van der Waals surface area (Å²) in [5.74, 6) is -0.157. The molecule has 2 N–H and O–H groups in total. The second-order valence-electron chi connectivity index (χ2n) is 6.12. The number of hydrogen-bond donors (Lipinski definition) is 2. The number of nitrogens with one attached hydrogen (secondary N) is 2. The molecule has 1 atom stereocenters. The van der Waals surface area contributed by atoms with E-state index in [2.05, 4.69) is 40.7 Å². The molecule has 0 saturated carbocycles. The Hall–Kier alpha value is -2.40. The van der Waals surface area contributed by atoms with Crippen LogP contribution in [0, 0.1) is 6.92 Å². The Kier molecular flexibility index (Phi) is 5.43. The zero-order valence-electron chi connectivity index (χ0n) is 13.9. The highest BCUT2D eigenvalue weighted by atomic mass is 16.5. The smallest absolute Gasteiger partial charge is 0.269 e. The predicted octanol–water partition coefficient (Wildman–Crippen LogP) is 2.91. The molecule has 2 heterocycles. The van der Waals surface area contributed by atoms with Crippen LogP contribution in [-0.4, -0.2) is 30.1 Å². The van der Waals surface area contributed by atoms with Gasteiger partial charge in [0.15, 0.2) is 0 Å². The van der Waals surface area contributed by atoms with Crippen LogP contribution in [0.4, 0.5) is 5.69 Å². The van der Waals surface area contributed by atoms with Gasteiger partial charge in [-0.1, -0.05) is 29.8 Å². The third-order valence-electron chi connectivity index (χ3n) is 4.09. The molecule has 1 saturated heterocycles. The molecular formula is C19H23N3O2. The first-order chi connectivity index (χ1) is 11.7. The van der Waals surface area contributed by atoms with E-state index in [4.69, 9.17) is 4.74 Å². The number of benzene rings is 1. The molecule has 5 nitrogen and oxygen atoms in total. The number of aromatic nitrogens is 1. The fraction of sp³-hybridized carbons (Fsp3) is 0.368. The molecule has 1 fully saturated rings. The third kappa shape index (κ3) is 4.55. The Bertz CT molecular complexity index is 679. The lowest BCUT2D eigenvalue weighted by molar-refractivity contribution is 0.0854. The fourth-order valence-corrected chi connectivity index (χ4v) is 2.76. The van der Waals surface area contributed by atoms with E-state index in [9.17, 15) is 4.79 Å². The standard InChI is InChI=1S/C19H23N3O2/c1-14-4-2-5-15(10-14)11-20-16-7-8-18(21-12-16)19(23)22-13-17-6-3-9-24-17/h2,4-5,7-8,10,12,17,20H,3,6,9,11,13H2,1H3,(H,22,23). The summed E-state index contributed by atoms with van der Waals surface area (Å²) >= 11 is 0. The zero-order chi connectivity index (χ0) is 16.8. The second-order valence-corrected chi connectivity index (χ2v) is 6.12. The van der Waals surface area contributed by atoms with E-state index in [0.29, 0.717) is 12.2 Å². The Morgan fingerprint density at radius 1 is 1.33 bits per heavy atom. The highest BCUT2D eigenvalue weighted by Crippen LogP contribution is 2.12. The van der Waals surface area contributed by atoms with Crippen molar-refractivity contribution in [3.63, 3.8) is 0 Å². The molecule has 1 unspecified atom stereocenters. The lowest BCUT2D eigenvalue weighted by atomic mass is 10.1. The first-order valence-corrected chi connectivity index (χ1v) is 8.36. The minimum absolute atomic E-state index is 0.143. The summed E-state index contributed by atoms with van der Waals surface area (Å²) in [6, 6.07) is 12.0. The number of anilines is 1. The van der Waals surface area contributed by atoms with Gasteiger partial charge >= 0.3 is 0 Å². The van der Waals surface area contributed by atoms with Gasteiger partial charge in [-0.15, -0.1) is 0 Å². The molecule has 3 rings (SSSR count). The molecule has 0 spiro atoms. The number of pyridine rings is 1. The van der Waals surface area contributed by atoms with Gasteiger partial charge in [-0.2, -0.15) is 0 Å². The Balaban J connectivity index is 1.50. The SMILES string of the molecule is Cc1cccc(CNc2ccc(C(=O)NCC3CCCO3)nc2)c1. The van der Waals surface area contributed by atoms with Crippen LogP contribution in [0.3, 0.4) is 0 Å². The molecule has 5 heteroatoms. The molecular weight excluding hydrogens is 302 g/mol. The lowest BCUT2D eigenvalue weighted by Gasteiger charge is -2.11. The summed E-state index contributed by atoms with van der Waals surface area (Å²) in [6.07, 6.45) is 3.91. The number of carbonyl (C=O) groups excluding carboxylic acids is 1. The van der Waals surface area contributed by atoms with Gasteiger partial charge in [-0.3, -0.25) is 4.79 Å². The van der Waals surface area contributed by atoms with Crippen molar-refractivity contribution in [1.29, 1.82) is 0 Å². The first-order valence-electron chi connectivity index (χ1n) is 8.36. The summed E-state index contributed by atoms with van der Waals surface area (Å²) in [4.78, 5) is 16.3. The van der Waals surface area contributed by atoms with Crippen LogP contribution >= 0.6 is 0 Å². The number of ether oxygens (including phenoxy) is 1. The van der Waals surface area contributed by atoms with Crippen molar-refractivity contribution in [2.75, 3.05) is 18.5 Å². The minimum Gasteiger partial charge on any atom is -0.380 e. The van der Waals surface area contributed by atoms with E-state index >= 15 is 0 Å². The monoisotopic (exact) mass is 325 g/mol. The molecule has 0 radical (unpaired) electrons. The minimum atomic E-state index is -0.157. The summed E-state index contributed by atoms with van der Waals surface area (Å²) in [6.45, 7) is 4.15. The molecule has 2 aromatic rings. The normalized spacial score (nSPS) is 16.8. The van der Waals surface area contributed by atoms with E-state index < -0.39 is 0 Å². The highest BCUT2D eigenvalue weighted by Gasteiger charge is 2.17. The van der Waals surface area contributed by atoms with Crippen LogP contribution in [-0.2, 0) is 11.3 Å². The molecule has 1 aromatic carbocycles. The maximum Gasteiger partial charge on any atom is 0.269 e.